The standard InChI is InChI=1S/C12H18BrN3S/c1-3-17-7-8(2)14-11-6-10(13)15-12(16-11)9-4-5-9/h6,8-9H,3-5,7H2,1-2H3,(H,14,15,16). The molecule has 0 amide bonds. The molecule has 1 aliphatic carbocycles. The molecule has 1 fully saturated rings. The Labute approximate surface area is 115 Å². The molecule has 0 aliphatic heterocycles. The molecule has 17 heavy (non-hydrogen) atoms. The number of anilines is 1. The van der Waals surface area contributed by atoms with Gasteiger partial charge in [-0.05, 0) is 41.4 Å². The zero-order valence-electron chi connectivity index (χ0n) is 10.2. The van der Waals surface area contributed by atoms with Crippen molar-refractivity contribution in [2.24, 2.45) is 0 Å². The van der Waals surface area contributed by atoms with Gasteiger partial charge in [0.2, 0.25) is 0 Å². The highest BCUT2D eigenvalue weighted by molar-refractivity contribution is 9.10. The lowest BCUT2D eigenvalue weighted by Crippen LogP contribution is -2.19. The van der Waals surface area contributed by atoms with Gasteiger partial charge in [0.05, 0.1) is 0 Å². The minimum Gasteiger partial charge on any atom is -0.367 e. The largest absolute Gasteiger partial charge is 0.367 e. The molecule has 3 nitrogen and oxygen atoms in total. The molecule has 0 radical (unpaired) electrons. The molecule has 1 aliphatic rings. The monoisotopic (exact) mass is 315 g/mol. The van der Waals surface area contributed by atoms with E-state index >= 15 is 0 Å². The molecule has 94 valence electrons. The van der Waals surface area contributed by atoms with Gasteiger partial charge in [0, 0.05) is 23.8 Å². The van der Waals surface area contributed by atoms with Gasteiger partial charge in [-0.2, -0.15) is 11.8 Å². The van der Waals surface area contributed by atoms with Crippen molar-refractivity contribution < 1.29 is 0 Å². The van der Waals surface area contributed by atoms with E-state index in [1.54, 1.807) is 0 Å². The van der Waals surface area contributed by atoms with Crippen molar-refractivity contribution in [1.82, 2.24) is 9.97 Å². The number of nitrogens with one attached hydrogen (secondary N) is 1. The maximum Gasteiger partial charge on any atom is 0.135 e. The lowest BCUT2D eigenvalue weighted by Gasteiger charge is -2.14. The molecule has 2 rings (SSSR count). The van der Waals surface area contributed by atoms with E-state index in [1.165, 1.54) is 12.8 Å². The SMILES string of the molecule is CCSCC(C)Nc1cc(Br)nc(C2CC2)n1. The Morgan fingerprint density at radius 3 is 2.94 bits per heavy atom. The van der Waals surface area contributed by atoms with Gasteiger partial charge >= 0.3 is 0 Å². The second kappa shape index (κ2) is 6.05. The number of hydrogen-bond donors (Lipinski definition) is 1. The Morgan fingerprint density at radius 2 is 2.29 bits per heavy atom. The quantitative estimate of drug-likeness (QED) is 0.813. The van der Waals surface area contributed by atoms with Crippen molar-refractivity contribution >= 4 is 33.5 Å². The second-order valence-electron chi connectivity index (χ2n) is 4.41. The fourth-order valence-corrected chi connectivity index (χ4v) is 2.69. The lowest BCUT2D eigenvalue weighted by atomic mass is 10.3. The van der Waals surface area contributed by atoms with Crippen molar-refractivity contribution in [1.29, 1.82) is 0 Å². The van der Waals surface area contributed by atoms with Crippen LogP contribution in [0, 0.1) is 0 Å². The summed E-state index contributed by atoms with van der Waals surface area (Å²) < 4.78 is 0.882. The van der Waals surface area contributed by atoms with Crippen molar-refractivity contribution in [3.05, 3.63) is 16.5 Å². The number of hydrogen-bond acceptors (Lipinski definition) is 4. The highest BCUT2D eigenvalue weighted by Crippen LogP contribution is 2.38. The van der Waals surface area contributed by atoms with Gasteiger partial charge in [0.25, 0.3) is 0 Å². The van der Waals surface area contributed by atoms with Crippen LogP contribution in [-0.2, 0) is 0 Å². The predicted molar refractivity (Wildman–Crippen MR) is 77.8 cm³/mol. The average molecular weight is 316 g/mol. The third-order valence-corrected chi connectivity index (χ3v) is 4.17. The Bertz CT molecular complexity index is 382. The van der Waals surface area contributed by atoms with Crippen LogP contribution >= 0.6 is 27.7 Å². The van der Waals surface area contributed by atoms with Gasteiger partial charge in [-0.3, -0.25) is 0 Å². The highest BCUT2D eigenvalue weighted by Gasteiger charge is 2.27. The molecule has 1 saturated carbocycles. The topological polar surface area (TPSA) is 37.8 Å². The van der Waals surface area contributed by atoms with Crippen molar-refractivity contribution in [2.75, 3.05) is 16.8 Å². The summed E-state index contributed by atoms with van der Waals surface area (Å²) in [6.45, 7) is 4.37. The minimum absolute atomic E-state index is 0.439. The molecule has 0 saturated heterocycles. The molecule has 1 heterocycles. The highest BCUT2D eigenvalue weighted by atomic mass is 79.9. The number of halogens is 1. The normalized spacial score (nSPS) is 16.9. The first-order chi connectivity index (χ1) is 8.19. The van der Waals surface area contributed by atoms with E-state index in [2.05, 4.69) is 45.1 Å². The number of aromatic nitrogens is 2. The molecule has 1 N–H and O–H groups in total. The zero-order chi connectivity index (χ0) is 12.3. The second-order valence-corrected chi connectivity index (χ2v) is 6.54. The Hall–Kier alpha value is -0.290. The average Bonchev–Trinajstić information content (AvgIpc) is 3.09. The molecule has 0 aromatic carbocycles. The lowest BCUT2D eigenvalue weighted by molar-refractivity contribution is 0.868. The van der Waals surface area contributed by atoms with Gasteiger partial charge in [0.1, 0.15) is 16.2 Å². The van der Waals surface area contributed by atoms with Crippen LogP contribution < -0.4 is 5.32 Å². The van der Waals surface area contributed by atoms with E-state index in [9.17, 15) is 0 Å². The number of nitrogens with zero attached hydrogens (tertiary/aromatic N) is 2. The molecule has 0 bridgehead atoms. The van der Waals surface area contributed by atoms with Crippen molar-refractivity contribution in [3.8, 4) is 0 Å². The smallest absolute Gasteiger partial charge is 0.135 e. The van der Waals surface area contributed by atoms with Crippen LogP contribution in [0.25, 0.3) is 0 Å². The van der Waals surface area contributed by atoms with Gasteiger partial charge in [-0.25, -0.2) is 9.97 Å². The first-order valence-corrected chi connectivity index (χ1v) is 8.02. The van der Waals surface area contributed by atoms with Crippen molar-refractivity contribution in [2.45, 2.75) is 38.6 Å². The number of thioether (sulfide) groups is 1. The van der Waals surface area contributed by atoms with Crippen LogP contribution in [0.3, 0.4) is 0 Å². The molecular formula is C12H18BrN3S. The summed E-state index contributed by atoms with van der Waals surface area (Å²) in [5.74, 6) is 4.78. The Balaban J connectivity index is 1.99. The summed E-state index contributed by atoms with van der Waals surface area (Å²) in [5, 5.41) is 3.44. The van der Waals surface area contributed by atoms with Gasteiger partial charge in [-0.1, -0.05) is 6.92 Å². The van der Waals surface area contributed by atoms with E-state index in [1.807, 2.05) is 17.8 Å². The third kappa shape index (κ3) is 4.14. The fourth-order valence-electron chi connectivity index (χ4n) is 1.62. The molecule has 1 atom stereocenters. The van der Waals surface area contributed by atoms with E-state index in [0.717, 1.165) is 27.8 Å². The van der Waals surface area contributed by atoms with Gasteiger partial charge in [-0.15, -0.1) is 0 Å². The Morgan fingerprint density at radius 1 is 1.53 bits per heavy atom. The van der Waals surface area contributed by atoms with Crippen molar-refractivity contribution in [3.63, 3.8) is 0 Å². The third-order valence-electron chi connectivity index (χ3n) is 2.62. The molecular weight excluding hydrogens is 298 g/mol. The van der Waals surface area contributed by atoms with Gasteiger partial charge in [0.15, 0.2) is 0 Å². The van der Waals surface area contributed by atoms with Gasteiger partial charge < -0.3 is 5.32 Å². The van der Waals surface area contributed by atoms with E-state index in [4.69, 9.17) is 0 Å². The fraction of sp³-hybridized carbons (Fsp3) is 0.667. The first kappa shape index (κ1) is 13.1. The summed E-state index contributed by atoms with van der Waals surface area (Å²) in [6, 6.07) is 2.40. The maximum atomic E-state index is 4.58. The number of rotatable bonds is 6. The molecule has 1 unspecified atom stereocenters. The predicted octanol–water partition coefficient (Wildman–Crippen LogP) is 3.67. The maximum absolute atomic E-state index is 4.58. The molecule has 1 aromatic rings. The van der Waals surface area contributed by atoms with E-state index in [-0.39, 0.29) is 0 Å². The molecule has 0 spiro atoms. The van der Waals surface area contributed by atoms with Crippen LogP contribution in [0.2, 0.25) is 0 Å². The first-order valence-electron chi connectivity index (χ1n) is 6.07. The summed E-state index contributed by atoms with van der Waals surface area (Å²) in [4.78, 5) is 9.01. The summed E-state index contributed by atoms with van der Waals surface area (Å²) in [6.07, 6.45) is 2.47. The summed E-state index contributed by atoms with van der Waals surface area (Å²) in [7, 11) is 0. The van der Waals surface area contributed by atoms with Crippen LogP contribution in [0.15, 0.2) is 10.7 Å². The minimum atomic E-state index is 0.439. The van der Waals surface area contributed by atoms with E-state index < -0.39 is 0 Å². The summed E-state index contributed by atoms with van der Waals surface area (Å²) in [5.41, 5.74) is 0. The van der Waals surface area contributed by atoms with Crippen LogP contribution in [0.5, 0.6) is 0 Å². The Kier molecular flexibility index (Phi) is 4.68. The van der Waals surface area contributed by atoms with Crippen LogP contribution in [0.1, 0.15) is 38.4 Å². The molecule has 5 heteroatoms. The van der Waals surface area contributed by atoms with E-state index in [0.29, 0.717) is 12.0 Å². The molecule has 1 aromatic heterocycles. The van der Waals surface area contributed by atoms with Crippen LogP contribution in [-0.4, -0.2) is 27.5 Å². The summed E-state index contributed by atoms with van der Waals surface area (Å²) >= 11 is 5.40. The van der Waals surface area contributed by atoms with Crippen LogP contribution in [0.4, 0.5) is 5.82 Å². The zero-order valence-corrected chi connectivity index (χ0v) is 12.6.